The van der Waals surface area contributed by atoms with E-state index in [1.54, 1.807) is 12.1 Å². The second-order valence-electron chi connectivity index (χ2n) is 8.97. The summed E-state index contributed by atoms with van der Waals surface area (Å²) in [5.41, 5.74) is 0.611. The molecule has 2 heterocycles. The van der Waals surface area contributed by atoms with E-state index in [9.17, 15) is 31.9 Å². The highest BCUT2D eigenvalue weighted by Crippen LogP contribution is 2.39. The number of aliphatic hydroxyl groups is 1. The van der Waals surface area contributed by atoms with Crippen molar-refractivity contribution in [3.8, 4) is 0 Å². The van der Waals surface area contributed by atoms with Gasteiger partial charge >= 0.3 is 0 Å². The Hall–Kier alpha value is -3.85. The number of nitrogens with zero attached hydrogens (tertiary/aromatic N) is 2. The van der Waals surface area contributed by atoms with Gasteiger partial charge in [-0.3, -0.25) is 9.89 Å². The molecular weight excluding hydrogens is 571 g/mol. The van der Waals surface area contributed by atoms with Gasteiger partial charge in [0.25, 0.3) is 5.91 Å². The minimum absolute atomic E-state index is 0.0343. The van der Waals surface area contributed by atoms with E-state index >= 15 is 0 Å². The van der Waals surface area contributed by atoms with Crippen molar-refractivity contribution in [2.75, 3.05) is 11.1 Å². The number of thioether (sulfide) groups is 1. The maximum atomic E-state index is 14.0. The molecule has 3 N–H and O–H groups in total. The molecule has 0 saturated carbocycles. The fourth-order valence-corrected chi connectivity index (χ4v) is 4.98. The van der Waals surface area contributed by atoms with Crippen LogP contribution in [0.2, 0.25) is 0 Å². The molecule has 0 unspecified atom stereocenters. The number of hydrogen-bond acceptors (Lipinski definition) is 7. The zero-order valence-corrected chi connectivity index (χ0v) is 21.7. The lowest BCUT2D eigenvalue weighted by Gasteiger charge is -2.36. The monoisotopic (exact) mass is 592 g/mol. The number of halogens is 5. The van der Waals surface area contributed by atoms with E-state index in [1.807, 2.05) is 12.1 Å². The number of aromatic nitrogens is 3. The zero-order valence-electron chi connectivity index (χ0n) is 20.9. The average molecular weight is 593 g/mol. The molecule has 1 saturated heterocycles. The molecular formula is C27H21F5N4O4S. The molecule has 5 rings (SSSR count). The Labute approximate surface area is 233 Å². The van der Waals surface area contributed by atoms with E-state index in [2.05, 4.69) is 20.5 Å². The van der Waals surface area contributed by atoms with Crippen LogP contribution in [-0.4, -0.2) is 38.1 Å². The van der Waals surface area contributed by atoms with E-state index in [1.165, 1.54) is 42.4 Å². The minimum atomic E-state index is -2.35. The first-order valence-corrected chi connectivity index (χ1v) is 13.1. The number of H-pyrrole nitrogens is 1. The lowest BCUT2D eigenvalue weighted by atomic mass is 10.0. The second kappa shape index (κ2) is 12.3. The lowest BCUT2D eigenvalue weighted by molar-refractivity contribution is -0.245. The molecule has 41 heavy (non-hydrogen) atoms. The van der Waals surface area contributed by atoms with Crippen LogP contribution in [0.4, 0.5) is 27.6 Å². The first kappa shape index (κ1) is 28.7. The number of ether oxygens (including phenoxy) is 2. The topological polar surface area (TPSA) is 109 Å². The lowest BCUT2D eigenvalue weighted by Crippen LogP contribution is -2.31. The van der Waals surface area contributed by atoms with Crippen LogP contribution in [0.1, 0.15) is 45.9 Å². The van der Waals surface area contributed by atoms with Crippen LogP contribution in [0.5, 0.6) is 0 Å². The summed E-state index contributed by atoms with van der Waals surface area (Å²) in [5.74, 6) is -12.2. The maximum absolute atomic E-state index is 14.0. The number of nitrogens with one attached hydrogen (secondary N) is 2. The van der Waals surface area contributed by atoms with Gasteiger partial charge in [-0.15, -0.1) is 0 Å². The van der Waals surface area contributed by atoms with E-state index < -0.39 is 46.8 Å². The third-order valence-corrected chi connectivity index (χ3v) is 7.30. The van der Waals surface area contributed by atoms with E-state index in [4.69, 9.17) is 9.47 Å². The Bertz CT molecular complexity index is 1500. The summed E-state index contributed by atoms with van der Waals surface area (Å²) in [4.78, 5) is 16.5. The Morgan fingerprint density at radius 3 is 2.17 bits per heavy atom. The van der Waals surface area contributed by atoms with Crippen LogP contribution >= 0.6 is 11.8 Å². The van der Waals surface area contributed by atoms with Gasteiger partial charge in [0.1, 0.15) is 11.9 Å². The fraction of sp³-hybridized carbons (Fsp3) is 0.222. The number of aliphatic hydroxyl groups excluding tert-OH is 1. The van der Waals surface area contributed by atoms with E-state index in [0.29, 0.717) is 22.9 Å². The average Bonchev–Trinajstić information content (AvgIpc) is 3.52. The number of aromatic amines is 1. The highest BCUT2D eigenvalue weighted by atomic mass is 32.2. The van der Waals surface area contributed by atoms with Crippen molar-refractivity contribution in [3.63, 3.8) is 0 Å². The van der Waals surface area contributed by atoms with Crippen LogP contribution in [0.25, 0.3) is 0 Å². The molecule has 1 aliphatic rings. The van der Waals surface area contributed by atoms with Gasteiger partial charge in [-0.25, -0.2) is 26.9 Å². The predicted octanol–water partition coefficient (Wildman–Crippen LogP) is 5.58. The molecule has 0 spiro atoms. The molecule has 3 aromatic carbocycles. The quantitative estimate of drug-likeness (QED) is 0.106. The zero-order chi connectivity index (χ0) is 29.1. The van der Waals surface area contributed by atoms with Crippen LogP contribution in [0.3, 0.4) is 0 Å². The van der Waals surface area contributed by atoms with Crippen molar-refractivity contribution in [3.05, 3.63) is 106 Å². The van der Waals surface area contributed by atoms with Gasteiger partial charge < -0.3 is 19.9 Å². The number of carbonyl (C=O) groups excluding carboxylic acids is 1. The molecule has 3 atom stereocenters. The molecule has 1 amide bonds. The summed E-state index contributed by atoms with van der Waals surface area (Å²) >= 11 is 1.42. The Morgan fingerprint density at radius 2 is 1.56 bits per heavy atom. The number of hydrogen-bond donors (Lipinski definition) is 3. The summed E-state index contributed by atoms with van der Waals surface area (Å²) in [5, 5.41) is 18.7. The highest BCUT2D eigenvalue weighted by molar-refractivity contribution is 7.99. The first-order valence-electron chi connectivity index (χ1n) is 12.2. The first-order chi connectivity index (χ1) is 19.7. The Kier molecular flexibility index (Phi) is 8.63. The molecule has 0 radical (unpaired) electrons. The van der Waals surface area contributed by atoms with Gasteiger partial charge in [0.15, 0.2) is 34.7 Å². The standard InChI is InChI=1S/C27H21F5N4O4S/c28-20-19(21(29)23(31)24(32)22(20)30)25(38)35-16-7-5-15(6-8-16)26-39-17(11-41-27-33-12-34-36-27)9-18(40-26)14-3-1-13(10-37)2-4-14/h1-8,12,17-18,26,37H,9-11H2,(H,35,38)(H,33,34,36)/t17-,18+,26+/m0/s1. The normalized spacial score (nSPS) is 18.8. The number of benzene rings is 3. The molecule has 4 aromatic rings. The van der Waals surface area contributed by atoms with Crippen molar-refractivity contribution in [1.82, 2.24) is 15.2 Å². The van der Waals surface area contributed by atoms with Crippen LogP contribution in [0, 0.1) is 29.1 Å². The molecule has 8 nitrogen and oxygen atoms in total. The van der Waals surface area contributed by atoms with E-state index in [-0.39, 0.29) is 24.5 Å². The largest absolute Gasteiger partial charge is 0.392 e. The predicted molar refractivity (Wildman–Crippen MR) is 136 cm³/mol. The summed E-state index contributed by atoms with van der Waals surface area (Å²) < 4.78 is 80.8. The van der Waals surface area contributed by atoms with Gasteiger partial charge in [0.2, 0.25) is 5.82 Å². The summed E-state index contributed by atoms with van der Waals surface area (Å²) in [6.45, 7) is -0.0960. The number of amides is 1. The smallest absolute Gasteiger partial charge is 0.261 e. The Balaban J connectivity index is 1.33. The summed E-state index contributed by atoms with van der Waals surface area (Å²) in [6, 6.07) is 13.1. The van der Waals surface area contributed by atoms with Crippen molar-refractivity contribution in [2.45, 2.75) is 36.7 Å². The van der Waals surface area contributed by atoms with Crippen LogP contribution in [0.15, 0.2) is 60.0 Å². The van der Waals surface area contributed by atoms with Crippen molar-refractivity contribution in [2.24, 2.45) is 0 Å². The third kappa shape index (κ3) is 6.25. The van der Waals surface area contributed by atoms with Crippen molar-refractivity contribution >= 4 is 23.4 Å². The highest BCUT2D eigenvalue weighted by Gasteiger charge is 2.33. The molecule has 1 aromatic heterocycles. The van der Waals surface area contributed by atoms with E-state index in [0.717, 1.165) is 11.1 Å². The van der Waals surface area contributed by atoms with Crippen LogP contribution in [-0.2, 0) is 16.1 Å². The Morgan fingerprint density at radius 1 is 0.927 bits per heavy atom. The van der Waals surface area contributed by atoms with Gasteiger partial charge in [-0.05, 0) is 23.3 Å². The third-order valence-electron chi connectivity index (χ3n) is 6.29. The number of carbonyl (C=O) groups is 1. The second-order valence-corrected chi connectivity index (χ2v) is 9.98. The molecule has 1 aliphatic heterocycles. The maximum Gasteiger partial charge on any atom is 0.261 e. The van der Waals surface area contributed by atoms with Gasteiger partial charge in [0, 0.05) is 23.4 Å². The molecule has 14 heteroatoms. The van der Waals surface area contributed by atoms with Crippen LogP contribution < -0.4 is 5.32 Å². The van der Waals surface area contributed by atoms with Crippen molar-refractivity contribution < 1.29 is 41.3 Å². The molecule has 0 bridgehead atoms. The number of anilines is 1. The van der Waals surface area contributed by atoms with Crippen molar-refractivity contribution in [1.29, 1.82) is 0 Å². The number of rotatable bonds is 8. The van der Waals surface area contributed by atoms with Gasteiger partial charge in [0.05, 0.1) is 18.8 Å². The summed E-state index contributed by atoms with van der Waals surface area (Å²) in [6.07, 6.45) is 0.432. The molecule has 214 valence electrons. The van der Waals surface area contributed by atoms with Gasteiger partial charge in [-0.2, -0.15) is 5.10 Å². The van der Waals surface area contributed by atoms with Gasteiger partial charge in [-0.1, -0.05) is 48.2 Å². The molecule has 0 aliphatic carbocycles. The minimum Gasteiger partial charge on any atom is -0.392 e. The molecule has 1 fully saturated rings. The fourth-order valence-electron chi connectivity index (χ4n) is 4.18. The summed E-state index contributed by atoms with van der Waals surface area (Å²) in [7, 11) is 0. The SMILES string of the molecule is O=C(Nc1ccc([C@@H]2O[C@H](CSc3ncn[nH]3)C[C@H](c3ccc(CO)cc3)O2)cc1)c1c(F)c(F)c(F)c(F)c1F.